The Morgan fingerprint density at radius 1 is 1.11 bits per heavy atom. The van der Waals surface area contributed by atoms with Gasteiger partial charge in [-0.2, -0.15) is 0 Å². The van der Waals surface area contributed by atoms with Gasteiger partial charge in [-0.15, -0.1) is 0 Å². The summed E-state index contributed by atoms with van der Waals surface area (Å²) in [4.78, 5) is 8.37. The zero-order valence-electron chi connectivity index (χ0n) is 10.7. The predicted octanol–water partition coefficient (Wildman–Crippen LogP) is 2.61. The third kappa shape index (κ3) is 4.50. The van der Waals surface area contributed by atoms with Crippen molar-refractivity contribution in [3.05, 3.63) is 41.1 Å². The van der Waals surface area contributed by atoms with Crippen molar-refractivity contribution in [2.75, 3.05) is 30.8 Å². The molecule has 5 nitrogen and oxygen atoms in total. The molecule has 0 spiro atoms. The van der Waals surface area contributed by atoms with E-state index in [9.17, 15) is 0 Å². The van der Waals surface area contributed by atoms with E-state index in [-0.39, 0.29) is 0 Å². The molecular weight excluding hydrogens is 306 g/mol. The van der Waals surface area contributed by atoms with Gasteiger partial charge in [0.05, 0.1) is 0 Å². The summed E-state index contributed by atoms with van der Waals surface area (Å²) in [6, 6.07) is 9.82. The highest BCUT2D eigenvalue weighted by molar-refractivity contribution is 9.10. The minimum absolute atomic E-state index is 0.764. The SMILES string of the molecule is CNCCNc1cc(Nc2cccc(Br)c2)ncn1. The Morgan fingerprint density at radius 2 is 1.95 bits per heavy atom. The smallest absolute Gasteiger partial charge is 0.135 e. The molecule has 3 N–H and O–H groups in total. The zero-order valence-corrected chi connectivity index (χ0v) is 12.2. The van der Waals surface area contributed by atoms with E-state index in [1.165, 1.54) is 0 Å². The average molecular weight is 322 g/mol. The molecule has 0 amide bonds. The van der Waals surface area contributed by atoms with Crippen LogP contribution < -0.4 is 16.0 Å². The van der Waals surface area contributed by atoms with Crippen LogP contribution in [0.2, 0.25) is 0 Å². The third-order valence-electron chi connectivity index (χ3n) is 2.45. The fourth-order valence-electron chi connectivity index (χ4n) is 1.55. The highest BCUT2D eigenvalue weighted by atomic mass is 79.9. The summed E-state index contributed by atoms with van der Waals surface area (Å²) >= 11 is 3.44. The molecule has 0 radical (unpaired) electrons. The standard InChI is InChI=1S/C13H16BrN5/c1-15-5-6-16-12-8-13(18-9-17-12)19-11-4-2-3-10(14)7-11/h2-4,7-9,15H,5-6H2,1H3,(H2,16,17,18,19). The van der Waals surface area contributed by atoms with Gasteiger partial charge in [0.2, 0.25) is 0 Å². The molecule has 0 bridgehead atoms. The molecular formula is C13H16BrN5. The Labute approximate surface area is 121 Å². The van der Waals surface area contributed by atoms with E-state index >= 15 is 0 Å². The zero-order chi connectivity index (χ0) is 13.5. The topological polar surface area (TPSA) is 61.9 Å². The molecule has 6 heteroatoms. The number of aromatic nitrogens is 2. The molecule has 0 saturated heterocycles. The first-order valence-electron chi connectivity index (χ1n) is 6.01. The number of anilines is 3. The van der Waals surface area contributed by atoms with E-state index in [0.29, 0.717) is 0 Å². The number of nitrogens with zero attached hydrogens (tertiary/aromatic N) is 2. The Morgan fingerprint density at radius 3 is 2.74 bits per heavy atom. The Bertz CT molecular complexity index is 532. The number of halogens is 1. The monoisotopic (exact) mass is 321 g/mol. The van der Waals surface area contributed by atoms with Gasteiger partial charge in [0, 0.05) is 29.3 Å². The molecule has 1 aromatic heterocycles. The van der Waals surface area contributed by atoms with Gasteiger partial charge in [-0.05, 0) is 25.2 Å². The van der Waals surface area contributed by atoms with Gasteiger partial charge in [0.15, 0.2) is 0 Å². The second kappa shape index (κ2) is 7.06. The lowest BCUT2D eigenvalue weighted by molar-refractivity contribution is 0.821. The number of hydrogen-bond donors (Lipinski definition) is 3. The van der Waals surface area contributed by atoms with E-state index in [1.807, 2.05) is 37.4 Å². The molecule has 0 aliphatic carbocycles. The van der Waals surface area contributed by atoms with Gasteiger partial charge < -0.3 is 16.0 Å². The van der Waals surface area contributed by atoms with Crippen LogP contribution in [0, 0.1) is 0 Å². The van der Waals surface area contributed by atoms with Crippen LogP contribution in [-0.2, 0) is 0 Å². The number of nitrogens with one attached hydrogen (secondary N) is 3. The quantitative estimate of drug-likeness (QED) is 0.714. The van der Waals surface area contributed by atoms with E-state index in [4.69, 9.17) is 0 Å². The third-order valence-corrected chi connectivity index (χ3v) is 2.94. The lowest BCUT2D eigenvalue weighted by Crippen LogP contribution is -2.18. The summed E-state index contributed by atoms with van der Waals surface area (Å²) in [6.45, 7) is 1.71. The average Bonchev–Trinajstić information content (AvgIpc) is 2.39. The van der Waals surface area contributed by atoms with Crippen LogP contribution >= 0.6 is 15.9 Å². The Balaban J connectivity index is 2.02. The summed E-state index contributed by atoms with van der Waals surface area (Å²) in [5.41, 5.74) is 0.981. The minimum Gasteiger partial charge on any atom is -0.369 e. The summed E-state index contributed by atoms with van der Waals surface area (Å²) in [5.74, 6) is 1.57. The van der Waals surface area contributed by atoms with Gasteiger partial charge in [-0.3, -0.25) is 0 Å². The lowest BCUT2D eigenvalue weighted by atomic mass is 10.3. The van der Waals surface area contributed by atoms with Crippen LogP contribution in [0.3, 0.4) is 0 Å². The van der Waals surface area contributed by atoms with Crippen molar-refractivity contribution in [2.24, 2.45) is 0 Å². The van der Waals surface area contributed by atoms with Crippen molar-refractivity contribution in [3.63, 3.8) is 0 Å². The molecule has 0 saturated carbocycles. The van der Waals surface area contributed by atoms with Gasteiger partial charge in [-0.1, -0.05) is 22.0 Å². The number of likely N-dealkylation sites (N-methyl/N-ethyl adjacent to an activating group) is 1. The summed E-state index contributed by atoms with van der Waals surface area (Å²) in [7, 11) is 1.92. The Hall–Kier alpha value is -1.66. The predicted molar refractivity (Wildman–Crippen MR) is 81.9 cm³/mol. The maximum absolute atomic E-state index is 4.20. The van der Waals surface area contributed by atoms with Crippen molar-refractivity contribution in [1.82, 2.24) is 15.3 Å². The highest BCUT2D eigenvalue weighted by Crippen LogP contribution is 2.19. The van der Waals surface area contributed by atoms with Gasteiger partial charge in [-0.25, -0.2) is 9.97 Å². The lowest BCUT2D eigenvalue weighted by Gasteiger charge is -2.08. The van der Waals surface area contributed by atoms with Crippen molar-refractivity contribution in [1.29, 1.82) is 0 Å². The summed E-state index contributed by atoms with van der Waals surface area (Å²) in [5, 5.41) is 9.53. The fourth-order valence-corrected chi connectivity index (χ4v) is 1.95. The van der Waals surface area contributed by atoms with Crippen LogP contribution in [0.4, 0.5) is 17.3 Å². The summed E-state index contributed by atoms with van der Waals surface area (Å²) < 4.78 is 1.03. The first-order valence-corrected chi connectivity index (χ1v) is 6.80. The molecule has 2 aromatic rings. The van der Waals surface area contributed by atoms with Crippen LogP contribution in [0.1, 0.15) is 0 Å². The molecule has 0 fully saturated rings. The normalized spacial score (nSPS) is 10.2. The number of hydrogen-bond acceptors (Lipinski definition) is 5. The van der Waals surface area contributed by atoms with E-state index < -0.39 is 0 Å². The van der Waals surface area contributed by atoms with Gasteiger partial charge in [0.25, 0.3) is 0 Å². The molecule has 2 rings (SSSR count). The molecule has 1 heterocycles. The van der Waals surface area contributed by atoms with Crippen molar-refractivity contribution in [3.8, 4) is 0 Å². The largest absolute Gasteiger partial charge is 0.369 e. The van der Waals surface area contributed by atoms with Crippen molar-refractivity contribution < 1.29 is 0 Å². The highest BCUT2D eigenvalue weighted by Gasteiger charge is 1.99. The molecule has 100 valence electrons. The Kier molecular flexibility index (Phi) is 5.11. The number of rotatable bonds is 6. The summed E-state index contributed by atoms with van der Waals surface area (Å²) in [6.07, 6.45) is 1.54. The van der Waals surface area contributed by atoms with Crippen LogP contribution in [0.5, 0.6) is 0 Å². The maximum atomic E-state index is 4.20. The van der Waals surface area contributed by atoms with Crippen LogP contribution in [-0.4, -0.2) is 30.1 Å². The molecule has 0 atom stereocenters. The van der Waals surface area contributed by atoms with Gasteiger partial charge in [0.1, 0.15) is 18.0 Å². The molecule has 1 aromatic carbocycles. The fraction of sp³-hybridized carbons (Fsp3) is 0.231. The number of benzene rings is 1. The van der Waals surface area contributed by atoms with Crippen molar-refractivity contribution >= 4 is 33.3 Å². The van der Waals surface area contributed by atoms with Crippen LogP contribution in [0.15, 0.2) is 41.1 Å². The van der Waals surface area contributed by atoms with E-state index in [2.05, 4.69) is 41.8 Å². The second-order valence-corrected chi connectivity index (χ2v) is 4.87. The first kappa shape index (κ1) is 13.8. The molecule has 0 unspecified atom stereocenters. The van der Waals surface area contributed by atoms with Crippen molar-refractivity contribution in [2.45, 2.75) is 0 Å². The van der Waals surface area contributed by atoms with E-state index in [0.717, 1.165) is 34.9 Å². The minimum atomic E-state index is 0.764. The second-order valence-electron chi connectivity index (χ2n) is 3.95. The molecule has 0 aliphatic rings. The van der Waals surface area contributed by atoms with Gasteiger partial charge >= 0.3 is 0 Å². The van der Waals surface area contributed by atoms with E-state index in [1.54, 1.807) is 6.33 Å². The maximum Gasteiger partial charge on any atom is 0.135 e. The first-order chi connectivity index (χ1) is 9.28. The molecule has 0 aliphatic heterocycles. The van der Waals surface area contributed by atoms with Crippen LogP contribution in [0.25, 0.3) is 0 Å². The molecule has 19 heavy (non-hydrogen) atoms.